The lowest BCUT2D eigenvalue weighted by molar-refractivity contribution is -0.116. The number of aromatic nitrogens is 2. The summed E-state index contributed by atoms with van der Waals surface area (Å²) in [5.74, 6) is -0.118. The Hall–Kier alpha value is -4.00. The molecule has 0 bridgehead atoms. The Morgan fingerprint density at radius 2 is 1.73 bits per heavy atom. The van der Waals surface area contributed by atoms with Crippen LogP contribution in [0, 0.1) is 25.5 Å². The maximum atomic E-state index is 13.4. The van der Waals surface area contributed by atoms with Crippen LogP contribution in [0.2, 0.25) is 0 Å². The number of aryl methyl sites for hydroxylation is 2. The fourth-order valence-electron chi connectivity index (χ4n) is 3.51. The van der Waals surface area contributed by atoms with E-state index in [1.165, 1.54) is 30.3 Å². The second-order valence-electron chi connectivity index (χ2n) is 7.73. The van der Waals surface area contributed by atoms with Crippen molar-refractivity contribution in [2.24, 2.45) is 0 Å². The van der Waals surface area contributed by atoms with Gasteiger partial charge in [-0.25, -0.2) is 13.5 Å². The van der Waals surface area contributed by atoms with Crippen LogP contribution in [-0.2, 0) is 11.2 Å². The number of rotatable bonds is 7. The van der Waals surface area contributed by atoms with Gasteiger partial charge in [-0.2, -0.15) is 5.10 Å². The van der Waals surface area contributed by atoms with Gasteiger partial charge in [-0.05, 0) is 80.4 Å². The second-order valence-corrected chi connectivity index (χ2v) is 7.73. The minimum Gasteiger partial charge on any atom is -0.439 e. The first-order valence-corrected chi connectivity index (χ1v) is 10.5. The average molecular weight is 447 g/mol. The van der Waals surface area contributed by atoms with E-state index in [0.29, 0.717) is 29.4 Å². The van der Waals surface area contributed by atoms with Gasteiger partial charge in [0.2, 0.25) is 11.8 Å². The molecule has 1 heterocycles. The van der Waals surface area contributed by atoms with Crippen molar-refractivity contribution in [3.05, 3.63) is 101 Å². The highest BCUT2D eigenvalue weighted by Crippen LogP contribution is 2.32. The molecule has 4 rings (SSSR count). The van der Waals surface area contributed by atoms with Crippen LogP contribution in [0.1, 0.15) is 23.2 Å². The molecule has 1 N–H and O–H groups in total. The molecule has 0 fully saturated rings. The molecule has 0 radical (unpaired) electrons. The van der Waals surface area contributed by atoms with Gasteiger partial charge >= 0.3 is 0 Å². The molecule has 3 aromatic carbocycles. The number of carbonyl (C=O) groups excluding carboxylic acids is 1. The Kier molecular flexibility index (Phi) is 6.49. The highest BCUT2D eigenvalue weighted by molar-refractivity contribution is 5.90. The first-order chi connectivity index (χ1) is 15.9. The number of anilines is 1. The third-order valence-electron chi connectivity index (χ3n) is 5.12. The number of amides is 1. The van der Waals surface area contributed by atoms with E-state index in [0.717, 1.165) is 16.8 Å². The van der Waals surface area contributed by atoms with Crippen LogP contribution in [0.25, 0.3) is 5.69 Å². The zero-order chi connectivity index (χ0) is 23.4. The number of nitrogens with one attached hydrogen (secondary N) is 1. The van der Waals surface area contributed by atoms with Crippen molar-refractivity contribution in [1.29, 1.82) is 0 Å². The first-order valence-electron chi connectivity index (χ1n) is 10.5. The van der Waals surface area contributed by atoms with E-state index in [1.54, 1.807) is 22.9 Å². The number of halogens is 2. The van der Waals surface area contributed by atoms with Crippen molar-refractivity contribution in [2.75, 3.05) is 5.32 Å². The summed E-state index contributed by atoms with van der Waals surface area (Å²) < 4.78 is 34.6. The number of nitrogens with zero attached hydrogens (tertiary/aromatic N) is 2. The van der Waals surface area contributed by atoms with Crippen LogP contribution in [0.3, 0.4) is 0 Å². The topological polar surface area (TPSA) is 56.2 Å². The van der Waals surface area contributed by atoms with E-state index in [9.17, 15) is 13.6 Å². The van der Waals surface area contributed by atoms with E-state index >= 15 is 0 Å². The van der Waals surface area contributed by atoms with Crippen molar-refractivity contribution in [2.45, 2.75) is 26.7 Å². The fraction of sp³-hybridized carbons (Fsp3) is 0.154. The molecule has 0 spiro atoms. The second kappa shape index (κ2) is 9.65. The van der Waals surface area contributed by atoms with E-state index in [1.807, 2.05) is 38.1 Å². The van der Waals surface area contributed by atoms with Gasteiger partial charge < -0.3 is 10.1 Å². The molecule has 1 amide bonds. The third-order valence-corrected chi connectivity index (χ3v) is 5.12. The van der Waals surface area contributed by atoms with Gasteiger partial charge in [0.25, 0.3) is 0 Å². The molecule has 0 unspecified atom stereocenters. The molecule has 0 saturated carbocycles. The Morgan fingerprint density at radius 3 is 2.45 bits per heavy atom. The van der Waals surface area contributed by atoms with Crippen LogP contribution in [-0.4, -0.2) is 15.7 Å². The monoisotopic (exact) mass is 447 g/mol. The Bertz CT molecular complexity index is 1280. The Morgan fingerprint density at radius 1 is 0.970 bits per heavy atom. The predicted octanol–water partition coefficient (Wildman–Crippen LogP) is 6.13. The lowest BCUT2D eigenvalue weighted by atomic mass is 10.1. The minimum atomic E-state index is -0.418. The molecule has 0 aliphatic rings. The van der Waals surface area contributed by atoms with Gasteiger partial charge in [0, 0.05) is 17.7 Å². The molecule has 0 atom stereocenters. The van der Waals surface area contributed by atoms with Crippen LogP contribution >= 0.6 is 0 Å². The lowest BCUT2D eigenvalue weighted by Crippen LogP contribution is -2.12. The third kappa shape index (κ3) is 5.44. The molecule has 168 valence electrons. The largest absolute Gasteiger partial charge is 0.439 e. The molecule has 4 aromatic rings. The van der Waals surface area contributed by atoms with Crippen molar-refractivity contribution >= 4 is 11.6 Å². The lowest BCUT2D eigenvalue weighted by Gasteiger charge is -2.12. The van der Waals surface area contributed by atoms with Crippen LogP contribution in [0.5, 0.6) is 11.6 Å². The predicted molar refractivity (Wildman–Crippen MR) is 123 cm³/mol. The van der Waals surface area contributed by atoms with Crippen molar-refractivity contribution in [1.82, 2.24) is 9.78 Å². The van der Waals surface area contributed by atoms with Crippen molar-refractivity contribution in [3.8, 4) is 17.3 Å². The maximum absolute atomic E-state index is 13.4. The Balaban J connectivity index is 1.62. The van der Waals surface area contributed by atoms with E-state index < -0.39 is 5.82 Å². The summed E-state index contributed by atoms with van der Waals surface area (Å²) in [6, 6.07) is 19.3. The SMILES string of the molecule is Cc1cccc(-n2nc(C)c(CCC(=O)Nc3cccc(F)c3)c2Oc2ccc(F)cc2)c1. The fourth-order valence-corrected chi connectivity index (χ4v) is 3.51. The molecule has 0 saturated heterocycles. The van der Waals surface area contributed by atoms with E-state index in [2.05, 4.69) is 10.4 Å². The standard InChI is InChI=1S/C26H23F2N3O2/c1-17-5-3-8-22(15-17)31-26(33-23-11-9-19(27)10-12-23)24(18(2)30-31)13-14-25(32)29-21-7-4-6-20(28)16-21/h3-12,15-16H,13-14H2,1-2H3,(H,29,32). The molecule has 7 heteroatoms. The molecule has 33 heavy (non-hydrogen) atoms. The van der Waals surface area contributed by atoms with E-state index in [-0.39, 0.29) is 18.1 Å². The molecule has 0 aliphatic carbocycles. The number of ether oxygens (including phenoxy) is 1. The summed E-state index contributed by atoms with van der Waals surface area (Å²) in [6.45, 7) is 3.83. The van der Waals surface area contributed by atoms with E-state index in [4.69, 9.17) is 4.74 Å². The number of carbonyl (C=O) groups is 1. The number of hydrogen-bond acceptors (Lipinski definition) is 3. The van der Waals surface area contributed by atoms with Gasteiger partial charge in [0.05, 0.1) is 11.4 Å². The smallest absolute Gasteiger partial charge is 0.226 e. The maximum Gasteiger partial charge on any atom is 0.226 e. The van der Waals surface area contributed by atoms with Crippen LogP contribution in [0.4, 0.5) is 14.5 Å². The van der Waals surface area contributed by atoms with Gasteiger partial charge in [0.1, 0.15) is 17.4 Å². The first kappa shape index (κ1) is 22.2. The quantitative estimate of drug-likeness (QED) is 0.371. The molecule has 5 nitrogen and oxygen atoms in total. The minimum absolute atomic E-state index is 0.149. The van der Waals surface area contributed by atoms with Crippen LogP contribution in [0.15, 0.2) is 72.8 Å². The summed E-state index contributed by atoms with van der Waals surface area (Å²) in [7, 11) is 0. The van der Waals surface area contributed by atoms with Gasteiger partial charge in [-0.15, -0.1) is 0 Å². The molecule has 0 aliphatic heterocycles. The molecular weight excluding hydrogens is 424 g/mol. The molecular formula is C26H23F2N3O2. The zero-order valence-electron chi connectivity index (χ0n) is 18.3. The van der Waals surface area contributed by atoms with Crippen molar-refractivity contribution < 1.29 is 18.3 Å². The highest BCUT2D eigenvalue weighted by atomic mass is 19.1. The average Bonchev–Trinajstić information content (AvgIpc) is 3.09. The molecule has 1 aromatic heterocycles. The summed E-state index contributed by atoms with van der Waals surface area (Å²) in [4.78, 5) is 12.5. The highest BCUT2D eigenvalue weighted by Gasteiger charge is 2.20. The summed E-state index contributed by atoms with van der Waals surface area (Å²) >= 11 is 0. The summed E-state index contributed by atoms with van der Waals surface area (Å²) in [5.41, 5.74) is 3.74. The number of benzene rings is 3. The normalized spacial score (nSPS) is 10.8. The zero-order valence-corrected chi connectivity index (χ0v) is 18.3. The summed E-state index contributed by atoms with van der Waals surface area (Å²) in [5, 5.41) is 7.35. The van der Waals surface area contributed by atoms with Crippen molar-refractivity contribution in [3.63, 3.8) is 0 Å². The van der Waals surface area contributed by atoms with Gasteiger partial charge in [-0.1, -0.05) is 18.2 Å². The Labute approximate surface area is 190 Å². The van der Waals surface area contributed by atoms with Gasteiger partial charge in [0.15, 0.2) is 0 Å². The number of hydrogen-bond donors (Lipinski definition) is 1. The van der Waals surface area contributed by atoms with Crippen LogP contribution < -0.4 is 10.1 Å². The summed E-state index contributed by atoms with van der Waals surface area (Å²) in [6.07, 6.45) is 0.506. The van der Waals surface area contributed by atoms with Gasteiger partial charge in [-0.3, -0.25) is 4.79 Å².